The minimum Gasteiger partial charge on any atom is -0.367 e. The Morgan fingerprint density at radius 2 is 1.73 bits per heavy atom. The summed E-state index contributed by atoms with van der Waals surface area (Å²) in [6.07, 6.45) is 2.28. The monoisotopic (exact) mass is 295 g/mol. The minimum atomic E-state index is -0.147. The maximum Gasteiger partial charge on any atom is 0.319 e. The van der Waals surface area contributed by atoms with Crippen LogP contribution >= 0.6 is 0 Å². The smallest absolute Gasteiger partial charge is 0.319 e. The highest BCUT2D eigenvalue weighted by molar-refractivity contribution is 5.89. The average Bonchev–Trinajstić information content (AvgIpc) is 3.03. The van der Waals surface area contributed by atoms with Gasteiger partial charge in [0.25, 0.3) is 0 Å². The summed E-state index contributed by atoms with van der Waals surface area (Å²) in [6.45, 7) is 1.71. The van der Waals surface area contributed by atoms with Crippen molar-refractivity contribution >= 4 is 17.4 Å². The maximum atomic E-state index is 12.0. The van der Waals surface area contributed by atoms with Crippen LogP contribution in [0.15, 0.2) is 60.7 Å². The summed E-state index contributed by atoms with van der Waals surface area (Å²) in [6, 6.07) is 20.1. The highest BCUT2D eigenvalue weighted by Gasteiger charge is 2.24. The van der Waals surface area contributed by atoms with Gasteiger partial charge in [-0.1, -0.05) is 36.4 Å². The quantitative estimate of drug-likeness (QED) is 0.907. The standard InChI is InChI=1S/C18H21N3O/c22-18(20-15-8-3-1-4-9-15)19-14-17-12-7-13-21(17)16-10-5-2-6-11-16/h1-6,8-11,17H,7,12-14H2,(H2,19,20,22). The number of rotatable bonds is 4. The number of hydrogen-bond donors (Lipinski definition) is 2. The number of carbonyl (C=O) groups is 1. The molecule has 114 valence electrons. The van der Waals surface area contributed by atoms with Crippen molar-refractivity contribution in [2.45, 2.75) is 18.9 Å². The van der Waals surface area contributed by atoms with E-state index in [0.717, 1.165) is 18.7 Å². The van der Waals surface area contributed by atoms with Gasteiger partial charge in [-0.3, -0.25) is 0 Å². The molecule has 22 heavy (non-hydrogen) atoms. The largest absolute Gasteiger partial charge is 0.367 e. The summed E-state index contributed by atoms with van der Waals surface area (Å²) in [5, 5.41) is 5.83. The van der Waals surface area contributed by atoms with Crippen LogP contribution in [0.4, 0.5) is 16.2 Å². The number of urea groups is 1. The van der Waals surface area contributed by atoms with Gasteiger partial charge in [-0.25, -0.2) is 4.79 Å². The van der Waals surface area contributed by atoms with E-state index >= 15 is 0 Å². The fourth-order valence-corrected chi connectivity index (χ4v) is 2.91. The van der Waals surface area contributed by atoms with E-state index in [0.29, 0.717) is 12.6 Å². The van der Waals surface area contributed by atoms with E-state index in [-0.39, 0.29) is 6.03 Å². The van der Waals surface area contributed by atoms with Crippen molar-refractivity contribution in [3.05, 3.63) is 60.7 Å². The molecule has 1 fully saturated rings. The third-order valence-corrected chi connectivity index (χ3v) is 3.99. The Labute approximate surface area is 131 Å². The van der Waals surface area contributed by atoms with E-state index in [2.05, 4.69) is 39.8 Å². The molecule has 0 radical (unpaired) electrons. The molecule has 1 heterocycles. The zero-order chi connectivity index (χ0) is 15.2. The van der Waals surface area contributed by atoms with E-state index in [1.165, 1.54) is 12.1 Å². The van der Waals surface area contributed by atoms with Gasteiger partial charge in [0.15, 0.2) is 0 Å². The third-order valence-electron chi connectivity index (χ3n) is 3.99. The minimum absolute atomic E-state index is 0.147. The Morgan fingerprint density at radius 1 is 1.05 bits per heavy atom. The molecule has 2 amide bonds. The second-order valence-corrected chi connectivity index (χ2v) is 5.53. The summed E-state index contributed by atoms with van der Waals surface area (Å²) in [5.74, 6) is 0. The summed E-state index contributed by atoms with van der Waals surface area (Å²) in [7, 11) is 0. The van der Waals surface area contributed by atoms with Crippen LogP contribution in [0.3, 0.4) is 0 Å². The molecular formula is C18H21N3O. The van der Waals surface area contributed by atoms with Crippen molar-refractivity contribution in [2.75, 3.05) is 23.3 Å². The number of benzene rings is 2. The Balaban J connectivity index is 1.53. The van der Waals surface area contributed by atoms with Gasteiger partial charge in [0.1, 0.15) is 0 Å². The van der Waals surface area contributed by atoms with Crippen LogP contribution in [0.1, 0.15) is 12.8 Å². The second kappa shape index (κ2) is 6.98. The van der Waals surface area contributed by atoms with Crippen molar-refractivity contribution in [1.29, 1.82) is 0 Å². The topological polar surface area (TPSA) is 44.4 Å². The molecule has 0 saturated carbocycles. The van der Waals surface area contributed by atoms with Crippen molar-refractivity contribution in [1.82, 2.24) is 5.32 Å². The average molecular weight is 295 g/mol. The molecule has 2 N–H and O–H groups in total. The van der Waals surface area contributed by atoms with Crippen molar-refractivity contribution < 1.29 is 4.79 Å². The summed E-state index contributed by atoms with van der Waals surface area (Å²) < 4.78 is 0. The molecule has 1 aliphatic rings. The molecule has 0 aromatic heterocycles. The summed E-state index contributed by atoms with van der Waals surface area (Å²) in [5.41, 5.74) is 2.04. The Hall–Kier alpha value is -2.49. The lowest BCUT2D eigenvalue weighted by molar-refractivity contribution is 0.251. The molecule has 0 aliphatic carbocycles. The van der Waals surface area contributed by atoms with E-state index < -0.39 is 0 Å². The fourth-order valence-electron chi connectivity index (χ4n) is 2.91. The number of carbonyl (C=O) groups excluding carboxylic acids is 1. The first kappa shape index (κ1) is 14.4. The van der Waals surface area contributed by atoms with Crippen LogP contribution in [0.5, 0.6) is 0 Å². The van der Waals surface area contributed by atoms with Crippen LogP contribution < -0.4 is 15.5 Å². The Morgan fingerprint density at radius 3 is 2.45 bits per heavy atom. The number of anilines is 2. The van der Waals surface area contributed by atoms with Crippen LogP contribution in [0, 0.1) is 0 Å². The van der Waals surface area contributed by atoms with E-state index in [4.69, 9.17) is 0 Å². The lowest BCUT2D eigenvalue weighted by Crippen LogP contribution is -2.41. The molecule has 3 rings (SSSR count). The van der Waals surface area contributed by atoms with Crippen molar-refractivity contribution in [3.63, 3.8) is 0 Å². The van der Waals surface area contributed by atoms with Gasteiger partial charge >= 0.3 is 6.03 Å². The van der Waals surface area contributed by atoms with E-state index in [9.17, 15) is 4.79 Å². The first-order chi connectivity index (χ1) is 10.8. The van der Waals surface area contributed by atoms with Crippen molar-refractivity contribution in [2.24, 2.45) is 0 Å². The molecule has 4 heteroatoms. The molecule has 1 atom stereocenters. The predicted octanol–water partition coefficient (Wildman–Crippen LogP) is 3.48. The van der Waals surface area contributed by atoms with Gasteiger partial charge < -0.3 is 15.5 Å². The Bertz CT molecular complexity index is 600. The molecule has 2 aromatic carbocycles. The maximum absolute atomic E-state index is 12.0. The van der Waals surface area contributed by atoms with Crippen LogP contribution in [-0.2, 0) is 0 Å². The predicted molar refractivity (Wildman–Crippen MR) is 90.3 cm³/mol. The van der Waals surface area contributed by atoms with Crippen molar-refractivity contribution in [3.8, 4) is 0 Å². The van der Waals surface area contributed by atoms with Gasteiger partial charge in [-0.15, -0.1) is 0 Å². The zero-order valence-electron chi connectivity index (χ0n) is 12.5. The second-order valence-electron chi connectivity index (χ2n) is 5.53. The van der Waals surface area contributed by atoms with Gasteiger partial charge in [0.2, 0.25) is 0 Å². The molecule has 1 unspecified atom stereocenters. The normalized spacial score (nSPS) is 17.3. The molecule has 0 spiro atoms. The number of nitrogens with one attached hydrogen (secondary N) is 2. The highest BCUT2D eigenvalue weighted by Crippen LogP contribution is 2.24. The van der Waals surface area contributed by atoms with Crippen LogP contribution in [0.25, 0.3) is 0 Å². The molecule has 4 nitrogen and oxygen atoms in total. The van der Waals surface area contributed by atoms with Crippen LogP contribution in [0.2, 0.25) is 0 Å². The van der Waals surface area contributed by atoms with Gasteiger partial charge in [0, 0.05) is 30.5 Å². The summed E-state index contributed by atoms with van der Waals surface area (Å²) >= 11 is 0. The van der Waals surface area contributed by atoms with E-state index in [1.54, 1.807) is 0 Å². The van der Waals surface area contributed by atoms with Gasteiger partial charge in [0.05, 0.1) is 0 Å². The highest BCUT2D eigenvalue weighted by atomic mass is 16.2. The van der Waals surface area contributed by atoms with Crippen LogP contribution in [-0.4, -0.2) is 25.2 Å². The lowest BCUT2D eigenvalue weighted by atomic mass is 10.2. The summed E-state index contributed by atoms with van der Waals surface area (Å²) in [4.78, 5) is 14.3. The lowest BCUT2D eigenvalue weighted by Gasteiger charge is -2.27. The number of hydrogen-bond acceptors (Lipinski definition) is 2. The fraction of sp³-hybridized carbons (Fsp3) is 0.278. The first-order valence-electron chi connectivity index (χ1n) is 7.74. The molecular weight excluding hydrogens is 274 g/mol. The number of nitrogens with zero attached hydrogens (tertiary/aromatic N) is 1. The van der Waals surface area contributed by atoms with E-state index in [1.807, 2.05) is 36.4 Å². The zero-order valence-corrected chi connectivity index (χ0v) is 12.5. The SMILES string of the molecule is O=C(NCC1CCCN1c1ccccc1)Nc1ccccc1. The molecule has 2 aromatic rings. The Kier molecular flexibility index (Phi) is 4.59. The van der Waals surface area contributed by atoms with Gasteiger partial charge in [-0.05, 0) is 37.1 Å². The van der Waals surface area contributed by atoms with Gasteiger partial charge in [-0.2, -0.15) is 0 Å². The number of amides is 2. The first-order valence-corrected chi connectivity index (χ1v) is 7.74. The number of para-hydroxylation sites is 2. The molecule has 0 bridgehead atoms. The molecule has 1 aliphatic heterocycles. The third kappa shape index (κ3) is 3.58. The molecule has 1 saturated heterocycles.